The zero-order valence-corrected chi connectivity index (χ0v) is 16.8. The third-order valence-electron chi connectivity index (χ3n) is 4.33. The van der Waals surface area contributed by atoms with Crippen LogP contribution in [0.3, 0.4) is 0 Å². The molecule has 1 aliphatic heterocycles. The standard InChI is InChI=1S/C14H23BN5O7P/c1-8(21)24-7-26-28(15,23-2)25-5-9-3-4-10(27-9)20-6-17-11-12(20)18-14(16)19-13(11)22/h6,9-10,28H,3-5,7,15H2,1-2H3,(H3,16,18,19,22)/t9-,10+/m0/s1. The second-order valence-electron chi connectivity index (χ2n) is 6.34. The van der Waals surface area contributed by atoms with Crippen LogP contribution in [0, 0.1) is 0 Å². The molecular formula is C14H23BN5O7P. The Labute approximate surface area is 161 Å². The van der Waals surface area contributed by atoms with Crippen LogP contribution in [0.5, 0.6) is 0 Å². The van der Waals surface area contributed by atoms with Crippen LogP contribution in [0.1, 0.15) is 26.0 Å². The molecule has 0 unspecified atom stereocenters. The van der Waals surface area contributed by atoms with Crippen molar-refractivity contribution in [1.82, 2.24) is 19.5 Å². The molecule has 0 aromatic carbocycles. The average molecular weight is 415 g/mol. The van der Waals surface area contributed by atoms with Crippen LogP contribution >= 0.6 is 7.82 Å². The topological polar surface area (TPSA) is 153 Å². The normalized spacial score (nSPS) is 20.5. The predicted molar refractivity (Wildman–Crippen MR) is 103 cm³/mol. The van der Waals surface area contributed by atoms with Crippen LogP contribution in [-0.4, -0.2) is 59.7 Å². The fourth-order valence-electron chi connectivity index (χ4n) is 2.79. The van der Waals surface area contributed by atoms with Crippen LogP contribution in [0.2, 0.25) is 0 Å². The van der Waals surface area contributed by atoms with Crippen LogP contribution in [-0.2, 0) is 27.8 Å². The Morgan fingerprint density at radius 1 is 1.50 bits per heavy atom. The molecule has 1 saturated heterocycles. The molecule has 0 radical (unpaired) electrons. The van der Waals surface area contributed by atoms with Gasteiger partial charge in [0.05, 0.1) is 0 Å². The van der Waals surface area contributed by atoms with E-state index in [0.29, 0.717) is 12.1 Å². The molecule has 3 N–H and O–H groups in total. The van der Waals surface area contributed by atoms with Gasteiger partial charge in [-0.2, -0.15) is 0 Å². The number of imidazole rings is 1. The average Bonchev–Trinajstić information content (AvgIpc) is 3.26. The Morgan fingerprint density at radius 3 is 3.00 bits per heavy atom. The molecule has 0 spiro atoms. The van der Waals surface area contributed by atoms with Crippen molar-refractivity contribution in [3.63, 3.8) is 0 Å². The van der Waals surface area contributed by atoms with Gasteiger partial charge in [0.2, 0.25) is 0 Å². The Morgan fingerprint density at radius 2 is 2.29 bits per heavy atom. The number of rotatable bonds is 8. The maximum absolute atomic E-state index is 11.9. The van der Waals surface area contributed by atoms with Crippen LogP contribution < -0.4 is 11.3 Å². The maximum atomic E-state index is 11.9. The number of nitrogens with zero attached hydrogens (tertiary/aromatic N) is 3. The molecule has 1 aliphatic rings. The number of esters is 1. The molecule has 28 heavy (non-hydrogen) atoms. The van der Waals surface area contributed by atoms with Gasteiger partial charge in [-0.3, -0.25) is 0 Å². The molecule has 2 aromatic rings. The summed E-state index contributed by atoms with van der Waals surface area (Å²) in [5.41, 5.74) is 5.80. The number of ether oxygens (including phenoxy) is 2. The number of carbonyl (C=O) groups excluding carboxylic acids is 1. The molecule has 0 aliphatic carbocycles. The summed E-state index contributed by atoms with van der Waals surface area (Å²) < 4.78 is 29.0. The number of fused-ring (bicyclic) bond motifs is 1. The SMILES string of the molecule is B[PH](OC)(OCOC(C)=O)OC[C@@H]1CC[C@H](n2cnc3c(=O)[nH]c(N)nc32)O1. The first-order valence-corrected chi connectivity index (χ1v) is 10.9. The van der Waals surface area contributed by atoms with Crippen molar-refractivity contribution < 1.29 is 27.8 Å². The molecule has 0 bridgehead atoms. The van der Waals surface area contributed by atoms with Crippen LogP contribution in [0.15, 0.2) is 11.1 Å². The van der Waals surface area contributed by atoms with E-state index in [1.165, 1.54) is 20.4 Å². The van der Waals surface area contributed by atoms with E-state index in [-0.39, 0.29) is 37.2 Å². The molecule has 12 nitrogen and oxygen atoms in total. The van der Waals surface area contributed by atoms with Crippen LogP contribution in [0.4, 0.5) is 5.95 Å². The van der Waals surface area contributed by atoms with Crippen molar-refractivity contribution >= 4 is 38.5 Å². The molecule has 2 aromatic heterocycles. The number of carbonyl (C=O) groups is 1. The van der Waals surface area contributed by atoms with Gasteiger partial charge in [-0.15, -0.1) is 0 Å². The van der Waals surface area contributed by atoms with Gasteiger partial charge in [0.15, 0.2) is 0 Å². The Bertz CT molecular complexity index is 908. The first kappa shape index (κ1) is 20.7. The Balaban J connectivity index is 1.60. The Hall–Kier alpha value is -2.05. The number of aromatic nitrogens is 4. The van der Waals surface area contributed by atoms with Crippen molar-refractivity contribution in [2.24, 2.45) is 0 Å². The van der Waals surface area contributed by atoms with E-state index in [1.54, 1.807) is 12.1 Å². The van der Waals surface area contributed by atoms with Gasteiger partial charge in [0.1, 0.15) is 0 Å². The summed E-state index contributed by atoms with van der Waals surface area (Å²) in [6.45, 7) is 1.30. The minimum absolute atomic E-state index is 0.0175. The summed E-state index contributed by atoms with van der Waals surface area (Å²) in [5, 5.41) is 0. The number of nitrogen functional groups attached to an aromatic ring is 1. The van der Waals surface area contributed by atoms with Gasteiger partial charge in [-0.25, -0.2) is 0 Å². The fourth-order valence-corrected chi connectivity index (χ4v) is 3.87. The zero-order chi connectivity index (χ0) is 20.3. The van der Waals surface area contributed by atoms with Crippen molar-refractivity contribution in [3.8, 4) is 0 Å². The van der Waals surface area contributed by atoms with Gasteiger partial charge in [-0.1, -0.05) is 0 Å². The van der Waals surface area contributed by atoms with Gasteiger partial charge in [0.25, 0.3) is 0 Å². The van der Waals surface area contributed by atoms with E-state index < -0.39 is 19.4 Å². The van der Waals surface area contributed by atoms with Gasteiger partial charge >= 0.3 is 161 Å². The summed E-state index contributed by atoms with van der Waals surface area (Å²) in [5.74, 6) is -0.431. The second-order valence-corrected chi connectivity index (χ2v) is 9.05. The molecule has 0 amide bonds. The number of H-pyrrole nitrogens is 1. The summed E-state index contributed by atoms with van der Waals surface area (Å²) in [4.78, 5) is 33.4. The van der Waals surface area contributed by atoms with E-state index in [4.69, 9.17) is 28.8 Å². The number of anilines is 1. The third-order valence-corrected chi connectivity index (χ3v) is 6.41. The number of hydrogen-bond acceptors (Lipinski definition) is 10. The van der Waals surface area contributed by atoms with E-state index in [9.17, 15) is 9.59 Å². The molecule has 154 valence electrons. The summed E-state index contributed by atoms with van der Waals surface area (Å²) in [7, 11) is 0.220. The van der Waals surface area contributed by atoms with Crippen LogP contribution in [0.25, 0.3) is 11.2 Å². The minimum atomic E-state index is -2.96. The van der Waals surface area contributed by atoms with Crippen molar-refractivity contribution in [2.45, 2.75) is 32.1 Å². The summed E-state index contributed by atoms with van der Waals surface area (Å²) in [6, 6.07) is 0. The molecule has 2 atom stereocenters. The molecule has 0 saturated carbocycles. The predicted octanol–water partition coefficient (Wildman–Crippen LogP) is -0.377. The first-order chi connectivity index (χ1) is 13.3. The molecule has 1 fully saturated rings. The van der Waals surface area contributed by atoms with E-state index in [1.807, 2.05) is 0 Å². The molecule has 14 heteroatoms. The zero-order valence-electron chi connectivity index (χ0n) is 15.8. The van der Waals surface area contributed by atoms with Gasteiger partial charge < -0.3 is 0 Å². The van der Waals surface area contributed by atoms with Gasteiger partial charge in [-0.05, 0) is 0 Å². The third kappa shape index (κ3) is 4.68. The monoisotopic (exact) mass is 415 g/mol. The molecule has 3 rings (SSSR count). The van der Waals surface area contributed by atoms with Crippen molar-refractivity contribution in [2.75, 3.05) is 26.2 Å². The number of aromatic amines is 1. The Kier molecular flexibility index (Phi) is 6.31. The summed E-state index contributed by atoms with van der Waals surface area (Å²) in [6.07, 6.45) is 2.37. The van der Waals surface area contributed by atoms with E-state index in [0.717, 1.165) is 6.42 Å². The fraction of sp³-hybridized carbons (Fsp3) is 0.571. The van der Waals surface area contributed by atoms with E-state index >= 15 is 0 Å². The first-order valence-electron chi connectivity index (χ1n) is 8.65. The van der Waals surface area contributed by atoms with E-state index in [2.05, 4.69) is 15.0 Å². The second kappa shape index (κ2) is 8.54. The number of nitrogens with two attached hydrogens (primary N) is 1. The van der Waals surface area contributed by atoms with Crippen molar-refractivity contribution in [1.29, 1.82) is 0 Å². The van der Waals surface area contributed by atoms with Gasteiger partial charge in [0, 0.05) is 0 Å². The van der Waals surface area contributed by atoms with Crippen molar-refractivity contribution in [3.05, 3.63) is 16.7 Å². The molecule has 3 heterocycles. The molecular weight excluding hydrogens is 392 g/mol. The number of hydrogen-bond donors (Lipinski definition) is 2. The quantitative estimate of drug-likeness (QED) is 0.253. The summed E-state index contributed by atoms with van der Waals surface area (Å²) >= 11 is 0. The number of nitrogens with one attached hydrogen (secondary N) is 1.